The molecule has 8 N–H and O–H groups in total. The van der Waals surface area contributed by atoms with Crippen LogP contribution in [0.4, 0.5) is 0 Å². The van der Waals surface area contributed by atoms with Crippen LogP contribution in [0.25, 0.3) is 0 Å². The zero-order valence-electron chi connectivity index (χ0n) is 20.4. The van der Waals surface area contributed by atoms with Gasteiger partial charge >= 0.3 is 11.9 Å². The Morgan fingerprint density at radius 3 is 2.11 bits per heavy atom. The standard InChI is InChI=1S/C22H36N6O7/c1-5-12(4)18(21(33)27-17(11(2)3)22(34)35)28-20(32)15(8-13-9-24-10-25-13)26-19(31)14(23)6-7-16(29)30/h9-12,14-15,17-18H,5-8,23H2,1-4H3,(H,24,25)(H,26,31)(H,27,33)(H,28,32)(H,29,30)(H,34,35). The molecule has 1 aromatic heterocycles. The lowest BCUT2D eigenvalue weighted by atomic mass is 9.96. The van der Waals surface area contributed by atoms with Crippen LogP contribution in [0.5, 0.6) is 0 Å². The fourth-order valence-corrected chi connectivity index (χ4v) is 3.23. The van der Waals surface area contributed by atoms with Gasteiger partial charge in [-0.3, -0.25) is 19.2 Å². The first kappa shape index (κ1) is 29.6. The number of nitrogens with zero attached hydrogens (tertiary/aromatic N) is 1. The normalized spacial score (nSPS) is 15.4. The quantitative estimate of drug-likeness (QED) is 0.164. The first-order valence-corrected chi connectivity index (χ1v) is 11.5. The number of hydrogen-bond donors (Lipinski definition) is 7. The molecule has 196 valence electrons. The minimum Gasteiger partial charge on any atom is -0.481 e. The van der Waals surface area contributed by atoms with Gasteiger partial charge in [-0.2, -0.15) is 0 Å². The second-order valence-corrected chi connectivity index (χ2v) is 8.82. The highest BCUT2D eigenvalue weighted by molar-refractivity contribution is 5.94. The Bertz CT molecular complexity index is 874. The van der Waals surface area contributed by atoms with E-state index in [4.69, 9.17) is 10.8 Å². The molecule has 13 nitrogen and oxygen atoms in total. The van der Waals surface area contributed by atoms with Crippen molar-refractivity contribution < 1.29 is 34.2 Å². The van der Waals surface area contributed by atoms with Gasteiger partial charge in [0.25, 0.3) is 0 Å². The molecular weight excluding hydrogens is 460 g/mol. The number of aromatic amines is 1. The van der Waals surface area contributed by atoms with E-state index in [0.717, 1.165) is 0 Å². The van der Waals surface area contributed by atoms with Crippen molar-refractivity contribution in [2.45, 2.75) is 77.5 Å². The minimum absolute atomic E-state index is 0.00180. The summed E-state index contributed by atoms with van der Waals surface area (Å²) in [4.78, 5) is 67.7. The zero-order valence-corrected chi connectivity index (χ0v) is 20.4. The van der Waals surface area contributed by atoms with Crippen LogP contribution >= 0.6 is 0 Å². The van der Waals surface area contributed by atoms with E-state index in [0.29, 0.717) is 12.1 Å². The van der Waals surface area contributed by atoms with Gasteiger partial charge in [0, 0.05) is 24.7 Å². The number of hydrogen-bond acceptors (Lipinski definition) is 7. The molecule has 5 atom stereocenters. The third-order valence-electron chi connectivity index (χ3n) is 5.64. The molecule has 0 aliphatic carbocycles. The molecule has 3 amide bonds. The summed E-state index contributed by atoms with van der Waals surface area (Å²) in [6.45, 7) is 6.86. The molecule has 0 aromatic carbocycles. The average Bonchev–Trinajstić information content (AvgIpc) is 3.30. The van der Waals surface area contributed by atoms with Gasteiger partial charge < -0.3 is 36.9 Å². The summed E-state index contributed by atoms with van der Waals surface area (Å²) < 4.78 is 0. The van der Waals surface area contributed by atoms with E-state index in [1.807, 2.05) is 6.92 Å². The van der Waals surface area contributed by atoms with Gasteiger partial charge in [-0.1, -0.05) is 34.1 Å². The van der Waals surface area contributed by atoms with E-state index in [2.05, 4.69) is 25.9 Å². The van der Waals surface area contributed by atoms with Crippen molar-refractivity contribution in [2.24, 2.45) is 17.6 Å². The zero-order chi connectivity index (χ0) is 26.7. The summed E-state index contributed by atoms with van der Waals surface area (Å²) in [6, 6.07) is -4.51. The summed E-state index contributed by atoms with van der Waals surface area (Å²) >= 11 is 0. The number of carboxylic acid groups (broad SMARTS) is 2. The van der Waals surface area contributed by atoms with E-state index >= 15 is 0 Å². The van der Waals surface area contributed by atoms with Crippen LogP contribution in [0.2, 0.25) is 0 Å². The molecule has 1 rings (SSSR count). The number of nitrogens with two attached hydrogens (primary N) is 1. The average molecular weight is 497 g/mol. The Labute approximate surface area is 203 Å². The molecule has 0 bridgehead atoms. The lowest BCUT2D eigenvalue weighted by molar-refractivity contribution is -0.144. The number of nitrogens with one attached hydrogen (secondary N) is 4. The summed E-state index contributed by atoms with van der Waals surface area (Å²) in [5.41, 5.74) is 6.30. The van der Waals surface area contributed by atoms with Crippen molar-refractivity contribution in [2.75, 3.05) is 0 Å². The predicted molar refractivity (Wildman–Crippen MR) is 125 cm³/mol. The number of carbonyl (C=O) groups excluding carboxylic acids is 3. The topological polar surface area (TPSA) is 217 Å². The lowest BCUT2D eigenvalue weighted by Gasteiger charge is -2.28. The Morgan fingerprint density at radius 1 is 1.00 bits per heavy atom. The molecular formula is C22H36N6O7. The fourth-order valence-electron chi connectivity index (χ4n) is 3.23. The highest BCUT2D eigenvalue weighted by atomic mass is 16.4. The van der Waals surface area contributed by atoms with Crippen molar-refractivity contribution in [1.82, 2.24) is 25.9 Å². The van der Waals surface area contributed by atoms with Gasteiger partial charge in [0.1, 0.15) is 18.1 Å². The van der Waals surface area contributed by atoms with E-state index in [1.54, 1.807) is 20.8 Å². The molecule has 0 aliphatic rings. The number of amides is 3. The molecule has 13 heteroatoms. The second kappa shape index (κ2) is 14.0. The van der Waals surface area contributed by atoms with E-state index in [9.17, 15) is 29.1 Å². The highest BCUT2D eigenvalue weighted by Gasteiger charge is 2.33. The second-order valence-electron chi connectivity index (χ2n) is 8.82. The molecule has 0 fully saturated rings. The molecule has 35 heavy (non-hydrogen) atoms. The molecule has 0 spiro atoms. The van der Waals surface area contributed by atoms with Crippen LogP contribution in [0.3, 0.4) is 0 Å². The van der Waals surface area contributed by atoms with Crippen LogP contribution in [0, 0.1) is 11.8 Å². The summed E-state index contributed by atoms with van der Waals surface area (Å²) in [6.07, 6.45) is 2.94. The maximum Gasteiger partial charge on any atom is 0.326 e. The number of aliphatic carboxylic acids is 2. The smallest absolute Gasteiger partial charge is 0.326 e. The monoisotopic (exact) mass is 496 g/mol. The maximum absolute atomic E-state index is 13.2. The van der Waals surface area contributed by atoms with Crippen LogP contribution in [-0.2, 0) is 30.4 Å². The molecule has 0 saturated carbocycles. The number of imidazole rings is 1. The van der Waals surface area contributed by atoms with Crippen LogP contribution in [-0.4, -0.2) is 74.0 Å². The highest BCUT2D eigenvalue weighted by Crippen LogP contribution is 2.11. The number of H-pyrrole nitrogens is 1. The molecule has 0 aliphatic heterocycles. The number of carbonyl (C=O) groups is 5. The summed E-state index contributed by atoms with van der Waals surface area (Å²) in [7, 11) is 0. The molecule has 5 unspecified atom stereocenters. The largest absolute Gasteiger partial charge is 0.481 e. The van der Waals surface area contributed by atoms with E-state index in [-0.39, 0.29) is 31.1 Å². The maximum atomic E-state index is 13.2. The van der Waals surface area contributed by atoms with Gasteiger partial charge in [-0.05, 0) is 18.3 Å². The fraction of sp³-hybridized carbons (Fsp3) is 0.636. The minimum atomic E-state index is -1.19. The first-order valence-electron chi connectivity index (χ1n) is 11.5. The Kier molecular flexibility index (Phi) is 11.9. The number of carboxylic acids is 2. The van der Waals surface area contributed by atoms with Crippen LogP contribution < -0.4 is 21.7 Å². The van der Waals surface area contributed by atoms with Crippen molar-refractivity contribution in [1.29, 1.82) is 0 Å². The van der Waals surface area contributed by atoms with Crippen molar-refractivity contribution in [3.05, 3.63) is 18.2 Å². The van der Waals surface area contributed by atoms with Crippen molar-refractivity contribution in [3.8, 4) is 0 Å². The van der Waals surface area contributed by atoms with Crippen molar-refractivity contribution in [3.63, 3.8) is 0 Å². The van der Waals surface area contributed by atoms with Crippen LogP contribution in [0.1, 0.15) is 52.7 Å². The van der Waals surface area contributed by atoms with Gasteiger partial charge in [-0.15, -0.1) is 0 Å². The SMILES string of the molecule is CCC(C)C(NC(=O)C(Cc1cnc[nH]1)NC(=O)C(N)CCC(=O)O)C(=O)NC(C(=O)O)C(C)C. The van der Waals surface area contributed by atoms with Gasteiger partial charge in [0.2, 0.25) is 17.7 Å². The Balaban J connectivity index is 3.06. The third-order valence-corrected chi connectivity index (χ3v) is 5.64. The predicted octanol–water partition coefficient (Wildman–Crippen LogP) is -0.615. The third kappa shape index (κ3) is 9.73. The molecule has 0 radical (unpaired) electrons. The van der Waals surface area contributed by atoms with E-state index < -0.39 is 53.8 Å². The molecule has 1 heterocycles. The number of rotatable bonds is 15. The summed E-state index contributed by atoms with van der Waals surface area (Å²) in [5, 5.41) is 25.8. The van der Waals surface area contributed by atoms with Crippen LogP contribution in [0.15, 0.2) is 12.5 Å². The summed E-state index contributed by atoms with van der Waals surface area (Å²) in [5.74, 6) is -5.09. The van der Waals surface area contributed by atoms with Gasteiger partial charge in [0.15, 0.2) is 0 Å². The Hall–Kier alpha value is -3.48. The first-order chi connectivity index (χ1) is 16.4. The molecule has 1 aromatic rings. The Morgan fingerprint density at radius 2 is 1.63 bits per heavy atom. The number of aromatic nitrogens is 2. The van der Waals surface area contributed by atoms with Crippen molar-refractivity contribution >= 4 is 29.7 Å². The molecule has 0 saturated heterocycles. The van der Waals surface area contributed by atoms with Gasteiger partial charge in [-0.25, -0.2) is 9.78 Å². The lowest BCUT2D eigenvalue weighted by Crippen LogP contribution is -2.59. The van der Waals surface area contributed by atoms with E-state index in [1.165, 1.54) is 12.5 Å². The van der Waals surface area contributed by atoms with Gasteiger partial charge in [0.05, 0.1) is 12.4 Å².